The minimum atomic E-state index is -5.01. The van der Waals surface area contributed by atoms with Crippen molar-refractivity contribution in [3.05, 3.63) is 97.1 Å². The second kappa shape index (κ2) is 18.8. The Labute approximate surface area is 386 Å². The summed E-state index contributed by atoms with van der Waals surface area (Å²) in [5.74, 6) is -1.62. The summed E-state index contributed by atoms with van der Waals surface area (Å²) in [6, 6.07) is 21.6. The number of benzene rings is 6. The first-order valence-corrected chi connectivity index (χ1v) is 19.4. The summed E-state index contributed by atoms with van der Waals surface area (Å²) in [4.78, 5) is -2.21. The topological polar surface area (TPSA) is 271 Å². The Balaban J connectivity index is 0.00000280. The number of fused-ring (bicyclic) bond motifs is 2. The zero-order valence-corrected chi connectivity index (χ0v) is 38.4. The Morgan fingerprint density at radius 3 is 1.82 bits per heavy atom. The average Bonchev–Trinajstić information content (AvgIpc) is 3.10. The predicted molar refractivity (Wildman–Crippen MR) is 186 cm³/mol. The van der Waals surface area contributed by atoms with E-state index < -0.39 is 62.2 Å². The van der Waals surface area contributed by atoms with Crippen LogP contribution < -0.4 is 104 Å². The van der Waals surface area contributed by atoms with Gasteiger partial charge in [-0.2, -0.15) is 32.2 Å². The van der Waals surface area contributed by atoms with Crippen LogP contribution in [0.5, 0.6) is 17.2 Å². The molecule has 0 aliphatic carbocycles. The Bertz CT molecular complexity index is 2860. The summed E-state index contributed by atoms with van der Waals surface area (Å²) in [7, 11) is -14.7. The van der Waals surface area contributed by atoms with E-state index in [0.717, 1.165) is 30.3 Å². The number of hydrogen-bond donors (Lipinski definition) is 2. The number of rotatable bonds is 10. The second-order valence-corrected chi connectivity index (χ2v) is 15.3. The second-order valence-electron chi connectivity index (χ2n) is 11.2. The zero-order valence-electron chi connectivity index (χ0n) is 29.9. The van der Waals surface area contributed by atoms with Gasteiger partial charge in [0.1, 0.15) is 26.5 Å². The van der Waals surface area contributed by atoms with Gasteiger partial charge in [-0.15, -0.1) is 5.11 Å². The maximum Gasteiger partial charge on any atom is 1.00 e. The van der Waals surface area contributed by atoms with Crippen molar-refractivity contribution in [1.29, 1.82) is 0 Å². The van der Waals surface area contributed by atoms with Gasteiger partial charge in [0.05, 0.1) is 33.5 Å². The molecule has 16 nitrogen and oxygen atoms in total. The fourth-order valence-corrected chi connectivity index (χ4v) is 7.15. The number of hydrogen-bond acceptors (Lipinski definition) is 14. The molecule has 6 rings (SSSR count). The summed E-state index contributed by atoms with van der Waals surface area (Å²) in [6.45, 7) is 1.95. The van der Waals surface area contributed by atoms with Gasteiger partial charge in [0, 0.05) is 10.8 Å². The molecule has 0 aliphatic rings. The van der Waals surface area contributed by atoms with E-state index >= 15 is 0 Å². The van der Waals surface area contributed by atoms with E-state index in [4.69, 9.17) is 4.74 Å². The SMILES string of the molecule is CCOc1cc(-c2ccc(N=Nc3c([O-])c(S(=O)(=O)O)cc4ccc(S(=O)(=O)[O-])cc34)cc2)ccc1N=Nc1cc(S(=O)(=O)O)c2ccccc2c1[O-].[Na+].[Na+].[Na+]. The molecule has 0 aromatic heterocycles. The molecule has 6 aromatic rings. The normalized spacial score (nSPS) is 12.0. The van der Waals surface area contributed by atoms with Crippen LogP contribution in [0.1, 0.15) is 6.92 Å². The Hall–Kier alpha value is -2.83. The number of ether oxygens (including phenoxy) is 1. The van der Waals surface area contributed by atoms with Crippen molar-refractivity contribution in [3.63, 3.8) is 0 Å². The minimum Gasteiger partial charge on any atom is -0.871 e. The van der Waals surface area contributed by atoms with E-state index in [0.29, 0.717) is 11.1 Å². The summed E-state index contributed by atoms with van der Waals surface area (Å²) < 4.78 is 108. The van der Waals surface area contributed by atoms with Gasteiger partial charge in [-0.05, 0) is 77.4 Å². The zero-order chi connectivity index (χ0) is 38.3. The van der Waals surface area contributed by atoms with Crippen LogP contribution in [-0.4, -0.2) is 45.5 Å². The Kier molecular flexibility index (Phi) is 16.0. The average molecular weight is 845 g/mol. The summed E-state index contributed by atoms with van der Waals surface area (Å²) in [5.41, 5.74) is 0.677. The molecule has 2 N–H and O–H groups in total. The molecule has 0 bridgehead atoms. The van der Waals surface area contributed by atoms with Crippen LogP contribution in [0.15, 0.2) is 132 Å². The molecular formula is C34H23N4Na3O12S3. The molecule has 0 saturated heterocycles. The van der Waals surface area contributed by atoms with Gasteiger partial charge in [0.2, 0.25) is 0 Å². The van der Waals surface area contributed by atoms with E-state index in [1.165, 1.54) is 36.4 Å². The van der Waals surface area contributed by atoms with Gasteiger partial charge < -0.3 is 19.5 Å². The molecule has 0 spiro atoms. The first-order valence-electron chi connectivity index (χ1n) is 15.1. The molecule has 22 heteroatoms. The van der Waals surface area contributed by atoms with Crippen molar-refractivity contribution < 1.29 is 143 Å². The smallest absolute Gasteiger partial charge is 0.871 e. The molecule has 0 saturated carbocycles. The monoisotopic (exact) mass is 844 g/mol. The van der Waals surface area contributed by atoms with Crippen LogP contribution >= 0.6 is 0 Å². The first kappa shape index (κ1) is 47.5. The molecule has 56 heavy (non-hydrogen) atoms. The predicted octanol–water partition coefficient (Wildman–Crippen LogP) is -2.55. The van der Waals surface area contributed by atoms with Crippen molar-refractivity contribution >= 4 is 74.6 Å². The summed E-state index contributed by atoms with van der Waals surface area (Å²) in [5, 5.41) is 41.9. The number of nitrogens with zero attached hydrogens (tertiary/aromatic N) is 4. The van der Waals surface area contributed by atoms with E-state index in [-0.39, 0.29) is 140 Å². The maximum absolute atomic E-state index is 13.1. The van der Waals surface area contributed by atoms with Crippen LogP contribution in [0.2, 0.25) is 0 Å². The Morgan fingerprint density at radius 1 is 0.607 bits per heavy atom. The van der Waals surface area contributed by atoms with E-state index in [1.807, 2.05) is 0 Å². The summed E-state index contributed by atoms with van der Waals surface area (Å²) in [6.07, 6.45) is 0. The van der Waals surface area contributed by atoms with Gasteiger partial charge in [-0.25, -0.2) is 8.42 Å². The van der Waals surface area contributed by atoms with Crippen molar-refractivity contribution in [2.24, 2.45) is 20.5 Å². The molecule has 272 valence electrons. The van der Waals surface area contributed by atoms with E-state index in [9.17, 15) is 49.1 Å². The molecule has 0 aliphatic heterocycles. The molecule has 0 amide bonds. The van der Waals surface area contributed by atoms with E-state index in [2.05, 4.69) is 20.5 Å². The van der Waals surface area contributed by atoms with Gasteiger partial charge in [0.25, 0.3) is 20.2 Å². The third-order valence-electron chi connectivity index (χ3n) is 7.78. The molecule has 6 aromatic carbocycles. The molecule has 0 radical (unpaired) electrons. The molecule has 0 fully saturated rings. The third kappa shape index (κ3) is 10.4. The van der Waals surface area contributed by atoms with Crippen molar-refractivity contribution in [3.8, 4) is 28.4 Å². The van der Waals surface area contributed by atoms with Crippen molar-refractivity contribution in [2.75, 3.05) is 6.61 Å². The third-order valence-corrected chi connectivity index (χ3v) is 10.4. The van der Waals surface area contributed by atoms with Crippen molar-refractivity contribution in [2.45, 2.75) is 21.6 Å². The minimum absolute atomic E-state index is 0. The molecular weight excluding hydrogens is 822 g/mol. The Morgan fingerprint density at radius 2 is 1.21 bits per heavy atom. The van der Waals surface area contributed by atoms with Gasteiger partial charge in [-0.1, -0.05) is 60.0 Å². The van der Waals surface area contributed by atoms with Gasteiger partial charge in [-0.3, -0.25) is 9.11 Å². The molecule has 0 heterocycles. The van der Waals surface area contributed by atoms with Gasteiger partial charge in [0.15, 0.2) is 0 Å². The molecule has 0 atom stereocenters. The quantitative estimate of drug-likeness (QED) is 0.0820. The van der Waals surface area contributed by atoms with E-state index in [1.54, 1.807) is 37.3 Å². The standard InChI is InChI=1S/C34H26N4O12S3.3Na/c1-2-50-29-15-20(10-14-27(29)36-37-28-18-30(52(44,45)46)24-5-3-4-6-25(24)33(28)39)19-7-11-22(12-8-19)35-38-32-26-17-23(51(41,42)43)13-9-21(26)16-31(34(32)40)53(47,48)49;;;/h3-18,39-40H,2H2,1H3,(H,41,42,43)(H,44,45,46)(H,47,48,49);;;/q;3*+1/p-3. The largest absolute Gasteiger partial charge is 1.00 e. The maximum atomic E-state index is 13.1. The fraction of sp³-hybridized carbons (Fsp3) is 0.0588. The van der Waals surface area contributed by atoms with Crippen LogP contribution in [-0.2, 0) is 30.4 Å². The first-order chi connectivity index (χ1) is 25.0. The van der Waals surface area contributed by atoms with Crippen LogP contribution in [0.3, 0.4) is 0 Å². The number of azo groups is 2. The van der Waals surface area contributed by atoms with Crippen LogP contribution in [0.25, 0.3) is 32.7 Å². The molecule has 0 unspecified atom stereocenters. The van der Waals surface area contributed by atoms with Crippen LogP contribution in [0, 0.1) is 0 Å². The summed E-state index contributed by atoms with van der Waals surface area (Å²) >= 11 is 0. The fourth-order valence-electron chi connectivity index (χ4n) is 5.33. The van der Waals surface area contributed by atoms with Crippen LogP contribution in [0.4, 0.5) is 22.7 Å². The van der Waals surface area contributed by atoms with Crippen molar-refractivity contribution in [1.82, 2.24) is 0 Å². The van der Waals surface area contributed by atoms with Gasteiger partial charge >= 0.3 is 88.7 Å².